The Morgan fingerprint density at radius 3 is 2.43 bits per heavy atom. The van der Waals surface area contributed by atoms with Crippen molar-refractivity contribution in [2.24, 2.45) is 0 Å². The second-order valence-corrected chi connectivity index (χ2v) is 6.91. The molecule has 2 amide bonds. The van der Waals surface area contributed by atoms with E-state index in [0.717, 1.165) is 11.6 Å². The van der Waals surface area contributed by atoms with E-state index in [4.69, 9.17) is 9.47 Å². The molecule has 148 valence electrons. The van der Waals surface area contributed by atoms with Gasteiger partial charge in [-0.15, -0.1) is 10.2 Å². The van der Waals surface area contributed by atoms with Crippen LogP contribution in [0.4, 0.5) is 22.1 Å². The monoisotopic (exact) mass is 384 g/mol. The lowest BCUT2D eigenvalue weighted by Crippen LogP contribution is -2.50. The SMILES string of the molecule is CN(C)c1ccc(N2CCN(C(=O)Nc3ccc4c(c3)OCCO4)CC2)nn1. The lowest BCUT2D eigenvalue weighted by Gasteiger charge is -2.35. The summed E-state index contributed by atoms with van der Waals surface area (Å²) in [5.74, 6) is 3.02. The van der Waals surface area contributed by atoms with E-state index in [1.807, 2.05) is 43.3 Å². The van der Waals surface area contributed by atoms with Gasteiger partial charge in [0, 0.05) is 52.0 Å². The van der Waals surface area contributed by atoms with Crippen LogP contribution >= 0.6 is 0 Å². The number of benzene rings is 1. The minimum atomic E-state index is -0.120. The van der Waals surface area contributed by atoms with E-state index in [0.29, 0.717) is 56.6 Å². The van der Waals surface area contributed by atoms with Crippen LogP contribution in [-0.4, -0.2) is 74.6 Å². The Hall–Kier alpha value is -3.23. The highest BCUT2D eigenvalue weighted by Crippen LogP contribution is 2.32. The maximum atomic E-state index is 12.6. The van der Waals surface area contributed by atoms with Crippen molar-refractivity contribution in [1.29, 1.82) is 0 Å². The van der Waals surface area contributed by atoms with Crippen molar-refractivity contribution in [3.05, 3.63) is 30.3 Å². The van der Waals surface area contributed by atoms with Gasteiger partial charge in [0.15, 0.2) is 23.1 Å². The highest BCUT2D eigenvalue weighted by atomic mass is 16.6. The van der Waals surface area contributed by atoms with E-state index >= 15 is 0 Å². The van der Waals surface area contributed by atoms with E-state index in [2.05, 4.69) is 20.4 Å². The van der Waals surface area contributed by atoms with Crippen molar-refractivity contribution in [3.63, 3.8) is 0 Å². The first-order valence-electron chi connectivity index (χ1n) is 9.32. The second-order valence-electron chi connectivity index (χ2n) is 6.91. The summed E-state index contributed by atoms with van der Waals surface area (Å²) in [7, 11) is 3.87. The molecule has 1 fully saturated rings. The van der Waals surface area contributed by atoms with E-state index < -0.39 is 0 Å². The average Bonchev–Trinajstić information content (AvgIpc) is 2.74. The fourth-order valence-electron chi connectivity index (χ4n) is 3.19. The number of rotatable bonds is 3. The van der Waals surface area contributed by atoms with Crippen molar-refractivity contribution in [3.8, 4) is 11.5 Å². The van der Waals surface area contributed by atoms with Crippen LogP contribution in [0, 0.1) is 0 Å². The molecule has 3 heterocycles. The number of piperazine rings is 1. The molecule has 9 nitrogen and oxygen atoms in total. The first-order chi connectivity index (χ1) is 13.6. The van der Waals surface area contributed by atoms with Crippen LogP contribution in [0.1, 0.15) is 0 Å². The number of nitrogens with one attached hydrogen (secondary N) is 1. The number of aromatic nitrogens is 2. The first-order valence-corrected chi connectivity index (χ1v) is 9.32. The molecule has 2 aliphatic rings. The van der Waals surface area contributed by atoms with Gasteiger partial charge in [-0.05, 0) is 24.3 Å². The first kappa shape index (κ1) is 18.1. The zero-order chi connectivity index (χ0) is 19.5. The van der Waals surface area contributed by atoms with Gasteiger partial charge in [-0.2, -0.15) is 0 Å². The summed E-state index contributed by atoms with van der Waals surface area (Å²) in [5, 5.41) is 11.4. The Bertz CT molecular complexity index is 834. The number of hydrogen-bond acceptors (Lipinski definition) is 7. The number of fused-ring (bicyclic) bond motifs is 1. The third-order valence-electron chi connectivity index (χ3n) is 4.78. The Kier molecular flexibility index (Phi) is 5.05. The van der Waals surface area contributed by atoms with Crippen molar-refractivity contribution >= 4 is 23.4 Å². The van der Waals surface area contributed by atoms with Crippen LogP contribution in [-0.2, 0) is 0 Å². The van der Waals surface area contributed by atoms with Crippen LogP contribution in [0.5, 0.6) is 11.5 Å². The Balaban J connectivity index is 1.32. The fourth-order valence-corrected chi connectivity index (χ4v) is 3.19. The van der Waals surface area contributed by atoms with Gasteiger partial charge in [-0.1, -0.05) is 0 Å². The largest absolute Gasteiger partial charge is 0.486 e. The molecule has 9 heteroatoms. The molecule has 1 aromatic carbocycles. The molecule has 4 rings (SSSR count). The molecule has 0 bridgehead atoms. The summed E-state index contributed by atoms with van der Waals surface area (Å²) in [6.07, 6.45) is 0. The van der Waals surface area contributed by atoms with Gasteiger partial charge in [-0.3, -0.25) is 0 Å². The van der Waals surface area contributed by atoms with Crippen LogP contribution in [0.15, 0.2) is 30.3 Å². The van der Waals surface area contributed by atoms with Crippen molar-refractivity contribution < 1.29 is 14.3 Å². The molecule has 0 atom stereocenters. The van der Waals surface area contributed by atoms with Crippen molar-refractivity contribution in [2.45, 2.75) is 0 Å². The van der Waals surface area contributed by atoms with Crippen molar-refractivity contribution in [1.82, 2.24) is 15.1 Å². The third kappa shape index (κ3) is 3.88. The number of carbonyl (C=O) groups excluding carboxylic acids is 1. The Morgan fingerprint density at radius 2 is 1.75 bits per heavy atom. The summed E-state index contributed by atoms with van der Waals surface area (Å²) in [6, 6.07) is 9.23. The topological polar surface area (TPSA) is 83.1 Å². The van der Waals surface area contributed by atoms with Crippen molar-refractivity contribution in [2.75, 3.05) is 68.6 Å². The lowest BCUT2D eigenvalue weighted by molar-refractivity contribution is 0.171. The molecular weight excluding hydrogens is 360 g/mol. The number of ether oxygens (including phenoxy) is 2. The number of urea groups is 1. The molecule has 1 aromatic heterocycles. The summed E-state index contributed by atoms with van der Waals surface area (Å²) in [6.45, 7) is 3.73. The third-order valence-corrected chi connectivity index (χ3v) is 4.78. The summed E-state index contributed by atoms with van der Waals surface area (Å²) in [4.78, 5) is 18.4. The zero-order valence-corrected chi connectivity index (χ0v) is 16.1. The predicted octanol–water partition coefficient (Wildman–Crippen LogP) is 1.67. The van der Waals surface area contributed by atoms with E-state index in [1.54, 1.807) is 11.0 Å². The average molecular weight is 384 g/mol. The highest BCUT2D eigenvalue weighted by molar-refractivity contribution is 5.90. The Labute approximate surface area is 163 Å². The highest BCUT2D eigenvalue weighted by Gasteiger charge is 2.23. The van der Waals surface area contributed by atoms with Gasteiger partial charge >= 0.3 is 6.03 Å². The minimum absolute atomic E-state index is 0.120. The number of hydrogen-bond donors (Lipinski definition) is 1. The minimum Gasteiger partial charge on any atom is -0.486 e. The van der Waals surface area contributed by atoms with Gasteiger partial charge in [0.1, 0.15) is 13.2 Å². The molecule has 1 saturated heterocycles. The van der Waals surface area contributed by atoms with E-state index in [-0.39, 0.29) is 6.03 Å². The summed E-state index contributed by atoms with van der Waals surface area (Å²) in [5.41, 5.74) is 0.696. The quantitative estimate of drug-likeness (QED) is 0.862. The van der Waals surface area contributed by atoms with Gasteiger partial charge in [0.25, 0.3) is 0 Å². The zero-order valence-electron chi connectivity index (χ0n) is 16.1. The van der Waals surface area contributed by atoms with E-state index in [1.165, 1.54) is 0 Å². The van der Waals surface area contributed by atoms with Crippen LogP contribution in [0.25, 0.3) is 0 Å². The summed E-state index contributed by atoms with van der Waals surface area (Å²) >= 11 is 0. The molecule has 0 radical (unpaired) electrons. The van der Waals surface area contributed by atoms with Gasteiger partial charge < -0.3 is 29.5 Å². The molecule has 0 saturated carbocycles. The van der Waals surface area contributed by atoms with Gasteiger partial charge in [0.05, 0.1) is 0 Å². The van der Waals surface area contributed by atoms with Gasteiger partial charge in [-0.25, -0.2) is 4.79 Å². The number of nitrogens with zero attached hydrogens (tertiary/aromatic N) is 5. The number of anilines is 3. The maximum absolute atomic E-state index is 12.6. The molecule has 0 aliphatic carbocycles. The molecule has 0 unspecified atom stereocenters. The molecule has 28 heavy (non-hydrogen) atoms. The number of amides is 2. The van der Waals surface area contributed by atoms with E-state index in [9.17, 15) is 4.79 Å². The predicted molar refractivity (Wildman–Crippen MR) is 107 cm³/mol. The molecule has 2 aromatic rings. The lowest BCUT2D eigenvalue weighted by atomic mass is 10.2. The van der Waals surface area contributed by atoms with Crippen LogP contribution < -0.4 is 24.6 Å². The molecule has 1 N–H and O–H groups in total. The molecular formula is C19H24N6O3. The van der Waals surface area contributed by atoms with Crippen LogP contribution in [0.2, 0.25) is 0 Å². The maximum Gasteiger partial charge on any atom is 0.321 e. The smallest absolute Gasteiger partial charge is 0.321 e. The van der Waals surface area contributed by atoms with Gasteiger partial charge in [0.2, 0.25) is 0 Å². The Morgan fingerprint density at radius 1 is 1.00 bits per heavy atom. The normalized spacial score (nSPS) is 15.9. The fraction of sp³-hybridized carbons (Fsp3) is 0.421. The summed E-state index contributed by atoms with van der Waals surface area (Å²) < 4.78 is 11.1. The standard InChI is InChI=1S/C19H24N6O3/c1-23(2)17-5-6-18(22-21-17)24-7-9-25(10-8-24)19(26)20-14-3-4-15-16(13-14)28-12-11-27-15/h3-6,13H,7-12H2,1-2H3,(H,20,26). The second kappa shape index (κ2) is 7.79. The number of carbonyl (C=O) groups is 1. The molecule has 0 spiro atoms. The van der Waals surface area contributed by atoms with Crippen LogP contribution in [0.3, 0.4) is 0 Å². The molecule has 2 aliphatic heterocycles.